The first-order chi connectivity index (χ1) is 8.06. The van der Waals surface area contributed by atoms with Crippen LogP contribution in [0.2, 0.25) is 5.02 Å². The molecule has 3 N–H and O–H groups in total. The standard InChI is InChI=1S/C11H13ClN4O/c1-6-4-14-10(15-6)7(2)16-11(17)9-3-8(12)5-13-9/h3-5,7,13H,1-2H3,(H,14,15)(H,16,17)/t7-/m1/s1. The first-order valence-electron chi connectivity index (χ1n) is 5.22. The number of hydrogen-bond donors (Lipinski definition) is 3. The Morgan fingerprint density at radius 3 is 2.88 bits per heavy atom. The van der Waals surface area contributed by atoms with Crippen molar-refractivity contribution in [2.75, 3.05) is 0 Å². The Labute approximate surface area is 104 Å². The van der Waals surface area contributed by atoms with Gasteiger partial charge in [-0.1, -0.05) is 11.6 Å². The van der Waals surface area contributed by atoms with E-state index in [4.69, 9.17) is 11.6 Å². The lowest BCUT2D eigenvalue weighted by atomic mass is 10.3. The minimum absolute atomic E-state index is 0.182. The Bertz CT molecular complexity index is 531. The minimum atomic E-state index is -0.210. The van der Waals surface area contributed by atoms with E-state index in [1.165, 1.54) is 0 Å². The SMILES string of the molecule is Cc1cnc([C@@H](C)NC(=O)c2cc(Cl)c[nH]2)[nH]1. The van der Waals surface area contributed by atoms with Crippen LogP contribution in [0.15, 0.2) is 18.5 Å². The van der Waals surface area contributed by atoms with Crippen molar-refractivity contribution in [3.8, 4) is 0 Å². The predicted octanol–water partition coefficient (Wildman–Crippen LogP) is 2.19. The fraction of sp³-hybridized carbons (Fsp3) is 0.273. The summed E-state index contributed by atoms with van der Waals surface area (Å²) in [5.41, 5.74) is 1.40. The Morgan fingerprint density at radius 2 is 2.35 bits per heavy atom. The lowest BCUT2D eigenvalue weighted by Crippen LogP contribution is -2.27. The average molecular weight is 253 g/mol. The molecule has 17 heavy (non-hydrogen) atoms. The largest absolute Gasteiger partial charge is 0.356 e. The van der Waals surface area contributed by atoms with Gasteiger partial charge in [0.2, 0.25) is 0 Å². The molecule has 0 aliphatic rings. The number of rotatable bonds is 3. The second-order valence-electron chi connectivity index (χ2n) is 3.88. The molecule has 2 aromatic heterocycles. The Balaban J connectivity index is 2.04. The zero-order valence-electron chi connectivity index (χ0n) is 9.54. The van der Waals surface area contributed by atoms with E-state index in [0.717, 1.165) is 11.5 Å². The highest BCUT2D eigenvalue weighted by atomic mass is 35.5. The molecular weight excluding hydrogens is 240 g/mol. The molecule has 0 saturated heterocycles. The van der Waals surface area contributed by atoms with Gasteiger partial charge in [-0.15, -0.1) is 0 Å². The van der Waals surface area contributed by atoms with E-state index in [9.17, 15) is 4.79 Å². The molecule has 2 heterocycles. The van der Waals surface area contributed by atoms with Gasteiger partial charge < -0.3 is 15.3 Å². The fourth-order valence-electron chi connectivity index (χ4n) is 1.49. The smallest absolute Gasteiger partial charge is 0.268 e. The van der Waals surface area contributed by atoms with Crippen LogP contribution in [0.4, 0.5) is 0 Å². The van der Waals surface area contributed by atoms with Crippen molar-refractivity contribution in [1.29, 1.82) is 0 Å². The monoisotopic (exact) mass is 252 g/mol. The predicted molar refractivity (Wildman–Crippen MR) is 65.0 cm³/mol. The van der Waals surface area contributed by atoms with Crippen LogP contribution in [0, 0.1) is 6.92 Å². The molecule has 0 saturated carbocycles. The van der Waals surface area contributed by atoms with Crippen LogP contribution in [0.25, 0.3) is 0 Å². The molecule has 0 bridgehead atoms. The molecule has 0 spiro atoms. The zero-order valence-corrected chi connectivity index (χ0v) is 10.3. The third kappa shape index (κ3) is 2.68. The number of aryl methyl sites for hydroxylation is 1. The second kappa shape index (κ2) is 4.63. The highest BCUT2D eigenvalue weighted by molar-refractivity contribution is 6.30. The Hall–Kier alpha value is -1.75. The third-order valence-corrected chi connectivity index (χ3v) is 2.59. The third-order valence-electron chi connectivity index (χ3n) is 2.37. The molecule has 2 rings (SSSR count). The molecule has 0 aromatic carbocycles. The number of hydrogen-bond acceptors (Lipinski definition) is 2. The van der Waals surface area contributed by atoms with Crippen LogP contribution < -0.4 is 5.32 Å². The van der Waals surface area contributed by atoms with Gasteiger partial charge in [0.25, 0.3) is 5.91 Å². The quantitative estimate of drug-likeness (QED) is 0.783. The van der Waals surface area contributed by atoms with Crippen molar-refractivity contribution in [3.05, 3.63) is 40.7 Å². The summed E-state index contributed by atoms with van der Waals surface area (Å²) < 4.78 is 0. The number of nitrogens with one attached hydrogen (secondary N) is 3. The minimum Gasteiger partial charge on any atom is -0.356 e. The van der Waals surface area contributed by atoms with E-state index in [2.05, 4.69) is 20.3 Å². The summed E-state index contributed by atoms with van der Waals surface area (Å²) in [6.45, 7) is 3.77. The molecule has 0 radical (unpaired) electrons. The molecule has 0 unspecified atom stereocenters. The summed E-state index contributed by atoms with van der Waals surface area (Å²) in [5, 5.41) is 3.33. The van der Waals surface area contributed by atoms with Gasteiger partial charge in [-0.2, -0.15) is 0 Å². The maximum absolute atomic E-state index is 11.8. The van der Waals surface area contributed by atoms with Gasteiger partial charge in [-0.3, -0.25) is 4.79 Å². The number of carbonyl (C=O) groups excluding carboxylic acids is 1. The van der Waals surface area contributed by atoms with Gasteiger partial charge in [0.15, 0.2) is 0 Å². The van der Waals surface area contributed by atoms with Gasteiger partial charge >= 0.3 is 0 Å². The number of aromatic amines is 2. The van der Waals surface area contributed by atoms with Crippen molar-refractivity contribution >= 4 is 17.5 Å². The van der Waals surface area contributed by atoms with Crippen LogP contribution in [-0.4, -0.2) is 20.9 Å². The molecule has 0 aliphatic heterocycles. The van der Waals surface area contributed by atoms with Crippen molar-refractivity contribution in [1.82, 2.24) is 20.3 Å². The number of halogens is 1. The lowest BCUT2D eigenvalue weighted by molar-refractivity contribution is 0.0934. The number of nitrogens with zero attached hydrogens (tertiary/aromatic N) is 1. The van der Waals surface area contributed by atoms with Crippen LogP contribution >= 0.6 is 11.6 Å². The van der Waals surface area contributed by atoms with Gasteiger partial charge in [0.1, 0.15) is 11.5 Å². The fourth-order valence-corrected chi connectivity index (χ4v) is 1.66. The molecular formula is C11H13ClN4O. The first kappa shape index (κ1) is 11.7. The highest BCUT2D eigenvalue weighted by Crippen LogP contribution is 2.12. The number of amides is 1. The maximum atomic E-state index is 11.8. The number of carbonyl (C=O) groups is 1. The second-order valence-corrected chi connectivity index (χ2v) is 4.31. The molecule has 2 aromatic rings. The van der Waals surface area contributed by atoms with E-state index < -0.39 is 0 Å². The molecule has 0 aliphatic carbocycles. The van der Waals surface area contributed by atoms with Crippen molar-refractivity contribution in [2.24, 2.45) is 0 Å². The molecule has 90 valence electrons. The van der Waals surface area contributed by atoms with E-state index in [1.54, 1.807) is 18.5 Å². The summed E-state index contributed by atoms with van der Waals surface area (Å²) in [5.74, 6) is 0.520. The normalized spacial score (nSPS) is 12.4. The molecule has 0 fully saturated rings. The maximum Gasteiger partial charge on any atom is 0.268 e. The summed E-state index contributed by atoms with van der Waals surface area (Å²) in [6, 6.07) is 1.40. The molecule has 6 heteroatoms. The van der Waals surface area contributed by atoms with E-state index in [1.807, 2.05) is 13.8 Å². The van der Waals surface area contributed by atoms with Gasteiger partial charge in [0.05, 0.1) is 11.1 Å². The van der Waals surface area contributed by atoms with Crippen molar-refractivity contribution in [3.63, 3.8) is 0 Å². The zero-order chi connectivity index (χ0) is 12.4. The topological polar surface area (TPSA) is 73.6 Å². The van der Waals surface area contributed by atoms with Crippen LogP contribution in [0.1, 0.15) is 35.0 Å². The first-order valence-corrected chi connectivity index (χ1v) is 5.60. The van der Waals surface area contributed by atoms with Gasteiger partial charge in [0, 0.05) is 18.1 Å². The summed E-state index contributed by atoms with van der Waals surface area (Å²) in [4.78, 5) is 21.8. The van der Waals surface area contributed by atoms with Gasteiger partial charge in [-0.25, -0.2) is 4.98 Å². The molecule has 1 amide bonds. The molecule has 5 nitrogen and oxygen atoms in total. The number of H-pyrrole nitrogens is 2. The molecule has 1 atom stereocenters. The Morgan fingerprint density at radius 1 is 1.59 bits per heavy atom. The number of imidazole rings is 1. The van der Waals surface area contributed by atoms with E-state index >= 15 is 0 Å². The van der Waals surface area contributed by atoms with Crippen molar-refractivity contribution < 1.29 is 4.79 Å². The van der Waals surface area contributed by atoms with Crippen molar-refractivity contribution in [2.45, 2.75) is 19.9 Å². The summed E-state index contributed by atoms with van der Waals surface area (Å²) in [7, 11) is 0. The average Bonchev–Trinajstić information content (AvgIpc) is 2.87. The van der Waals surface area contributed by atoms with Crippen LogP contribution in [0.5, 0.6) is 0 Å². The van der Waals surface area contributed by atoms with E-state index in [-0.39, 0.29) is 11.9 Å². The highest BCUT2D eigenvalue weighted by Gasteiger charge is 2.14. The summed E-state index contributed by atoms with van der Waals surface area (Å²) in [6.07, 6.45) is 3.29. The lowest BCUT2D eigenvalue weighted by Gasteiger charge is -2.10. The van der Waals surface area contributed by atoms with Gasteiger partial charge in [-0.05, 0) is 19.9 Å². The van der Waals surface area contributed by atoms with E-state index in [0.29, 0.717) is 10.7 Å². The van der Waals surface area contributed by atoms with Crippen LogP contribution in [0.3, 0.4) is 0 Å². The Kier molecular flexibility index (Phi) is 3.19. The summed E-state index contributed by atoms with van der Waals surface area (Å²) >= 11 is 5.73. The van der Waals surface area contributed by atoms with Crippen LogP contribution in [-0.2, 0) is 0 Å². The number of aromatic nitrogens is 3.